The Bertz CT molecular complexity index is 499. The first-order valence-corrected chi connectivity index (χ1v) is 5.36. The first-order valence-electron chi connectivity index (χ1n) is 5.36. The van der Waals surface area contributed by atoms with Gasteiger partial charge in [-0.05, 0) is 19.3 Å². The van der Waals surface area contributed by atoms with Crippen molar-refractivity contribution in [1.82, 2.24) is 19.6 Å². The zero-order chi connectivity index (χ0) is 11.0. The second-order valence-electron chi connectivity index (χ2n) is 4.25. The highest BCUT2D eigenvalue weighted by molar-refractivity contribution is 5.62. The lowest BCUT2D eigenvalue weighted by Gasteiger charge is -2.41. The molecule has 0 radical (unpaired) electrons. The molecule has 2 heterocycles. The Balaban J connectivity index is 1.96. The molecule has 0 atom stereocenters. The third kappa shape index (κ3) is 1.34. The Morgan fingerprint density at radius 1 is 1.50 bits per heavy atom. The van der Waals surface area contributed by atoms with Gasteiger partial charge in [0.15, 0.2) is 5.82 Å². The highest BCUT2D eigenvalue weighted by atomic mass is 16.3. The molecule has 0 aromatic carbocycles. The van der Waals surface area contributed by atoms with Crippen LogP contribution in [0.15, 0.2) is 18.7 Å². The third-order valence-corrected chi connectivity index (χ3v) is 3.21. The Hall–Kier alpha value is -1.69. The summed E-state index contributed by atoms with van der Waals surface area (Å²) in [6, 6.07) is 0. The van der Waals surface area contributed by atoms with E-state index >= 15 is 0 Å². The minimum absolute atomic E-state index is 0.129. The van der Waals surface area contributed by atoms with E-state index in [0.717, 1.165) is 19.3 Å². The molecule has 6 heteroatoms. The van der Waals surface area contributed by atoms with Crippen LogP contribution in [0.2, 0.25) is 0 Å². The second-order valence-corrected chi connectivity index (χ2v) is 4.25. The minimum Gasteiger partial charge on any atom is -0.394 e. The Labute approximate surface area is 92.3 Å². The number of aliphatic hydroxyl groups is 1. The smallest absolute Gasteiger partial charge is 0.203 e. The molecule has 1 aliphatic carbocycles. The van der Waals surface area contributed by atoms with Gasteiger partial charge in [0.2, 0.25) is 5.65 Å². The van der Waals surface area contributed by atoms with Gasteiger partial charge in [-0.1, -0.05) is 0 Å². The normalized spacial score (nSPS) is 18.3. The molecule has 2 aromatic heterocycles. The maximum atomic E-state index is 9.39. The van der Waals surface area contributed by atoms with Gasteiger partial charge in [-0.3, -0.25) is 4.40 Å². The van der Waals surface area contributed by atoms with Gasteiger partial charge < -0.3 is 10.4 Å². The number of nitrogens with one attached hydrogen (secondary N) is 1. The van der Waals surface area contributed by atoms with Crippen LogP contribution < -0.4 is 5.32 Å². The summed E-state index contributed by atoms with van der Waals surface area (Å²) < 4.78 is 1.80. The van der Waals surface area contributed by atoms with Crippen LogP contribution in [0.4, 0.5) is 5.82 Å². The topological polar surface area (TPSA) is 75.3 Å². The predicted octanol–water partition coefficient (Wildman–Crippen LogP) is 0.451. The van der Waals surface area contributed by atoms with Crippen molar-refractivity contribution in [2.45, 2.75) is 24.8 Å². The van der Waals surface area contributed by atoms with Crippen LogP contribution >= 0.6 is 0 Å². The Kier molecular flexibility index (Phi) is 2.03. The molecule has 16 heavy (non-hydrogen) atoms. The molecule has 1 saturated carbocycles. The van der Waals surface area contributed by atoms with Gasteiger partial charge in [-0.2, -0.15) is 0 Å². The molecule has 2 aromatic rings. The lowest BCUT2D eigenvalue weighted by molar-refractivity contribution is 0.144. The summed E-state index contributed by atoms with van der Waals surface area (Å²) in [5.74, 6) is 0.689. The molecular weight excluding hydrogens is 206 g/mol. The first kappa shape index (κ1) is 9.53. The summed E-state index contributed by atoms with van der Waals surface area (Å²) >= 11 is 0. The van der Waals surface area contributed by atoms with Crippen LogP contribution in [0, 0.1) is 0 Å². The van der Waals surface area contributed by atoms with Crippen molar-refractivity contribution in [3.8, 4) is 0 Å². The van der Waals surface area contributed by atoms with Gasteiger partial charge in [0.1, 0.15) is 6.33 Å². The van der Waals surface area contributed by atoms with E-state index in [1.54, 1.807) is 23.1 Å². The van der Waals surface area contributed by atoms with Crippen LogP contribution in [-0.2, 0) is 0 Å². The number of aliphatic hydroxyl groups excluding tert-OH is 1. The van der Waals surface area contributed by atoms with E-state index in [1.165, 1.54) is 0 Å². The van der Waals surface area contributed by atoms with Crippen molar-refractivity contribution in [3.63, 3.8) is 0 Å². The summed E-state index contributed by atoms with van der Waals surface area (Å²) in [4.78, 5) is 4.25. The quantitative estimate of drug-likeness (QED) is 0.784. The highest BCUT2D eigenvalue weighted by Crippen LogP contribution is 2.34. The van der Waals surface area contributed by atoms with Gasteiger partial charge in [0.05, 0.1) is 12.1 Å². The van der Waals surface area contributed by atoms with E-state index in [0.29, 0.717) is 11.5 Å². The summed E-state index contributed by atoms with van der Waals surface area (Å²) in [5, 5.41) is 20.5. The van der Waals surface area contributed by atoms with E-state index in [1.807, 2.05) is 0 Å². The number of nitrogens with zero attached hydrogens (tertiary/aromatic N) is 4. The number of hydrogen-bond acceptors (Lipinski definition) is 5. The third-order valence-electron chi connectivity index (χ3n) is 3.21. The fourth-order valence-corrected chi connectivity index (χ4v) is 2.02. The van der Waals surface area contributed by atoms with E-state index in [-0.39, 0.29) is 12.1 Å². The van der Waals surface area contributed by atoms with Crippen LogP contribution in [0.3, 0.4) is 0 Å². The SMILES string of the molecule is OCC1(Nc2nccn3cnnc23)CCC1. The molecule has 3 rings (SSSR count). The Morgan fingerprint density at radius 3 is 3.06 bits per heavy atom. The van der Waals surface area contributed by atoms with Crippen LogP contribution in [0.1, 0.15) is 19.3 Å². The molecular formula is C10H13N5O. The van der Waals surface area contributed by atoms with Gasteiger partial charge in [-0.15, -0.1) is 10.2 Å². The van der Waals surface area contributed by atoms with Crippen LogP contribution in [-0.4, -0.2) is 36.8 Å². The van der Waals surface area contributed by atoms with E-state index in [9.17, 15) is 5.11 Å². The number of hydrogen-bond donors (Lipinski definition) is 2. The standard InChI is InChI=1S/C10H13N5O/c16-6-10(2-1-3-10)13-8-9-14-12-7-15(9)5-4-11-8/h4-5,7,16H,1-3,6H2,(H,11,13). The zero-order valence-electron chi connectivity index (χ0n) is 8.80. The fraction of sp³-hybridized carbons (Fsp3) is 0.500. The van der Waals surface area contributed by atoms with E-state index < -0.39 is 0 Å². The number of aromatic nitrogens is 4. The molecule has 84 valence electrons. The van der Waals surface area contributed by atoms with E-state index in [2.05, 4.69) is 20.5 Å². The number of fused-ring (bicyclic) bond motifs is 1. The molecule has 6 nitrogen and oxygen atoms in total. The molecule has 0 aliphatic heterocycles. The van der Waals surface area contributed by atoms with Crippen molar-refractivity contribution in [2.24, 2.45) is 0 Å². The molecule has 0 saturated heterocycles. The summed E-state index contributed by atoms with van der Waals surface area (Å²) in [5.41, 5.74) is 0.489. The lowest BCUT2D eigenvalue weighted by atomic mass is 9.77. The molecule has 1 aliphatic rings. The summed E-state index contributed by atoms with van der Waals surface area (Å²) in [6.45, 7) is 0.129. The van der Waals surface area contributed by atoms with Crippen molar-refractivity contribution in [1.29, 1.82) is 0 Å². The first-order chi connectivity index (χ1) is 7.83. The van der Waals surface area contributed by atoms with Crippen molar-refractivity contribution >= 4 is 11.5 Å². The van der Waals surface area contributed by atoms with Gasteiger partial charge >= 0.3 is 0 Å². The lowest BCUT2D eigenvalue weighted by Crippen LogP contribution is -2.48. The van der Waals surface area contributed by atoms with Gasteiger partial charge in [0, 0.05) is 12.4 Å². The fourth-order valence-electron chi connectivity index (χ4n) is 2.02. The monoisotopic (exact) mass is 219 g/mol. The summed E-state index contributed by atoms with van der Waals surface area (Å²) in [6.07, 6.45) is 8.22. The maximum Gasteiger partial charge on any atom is 0.203 e. The van der Waals surface area contributed by atoms with Crippen LogP contribution in [0.5, 0.6) is 0 Å². The zero-order valence-corrected chi connectivity index (χ0v) is 8.80. The molecule has 2 N–H and O–H groups in total. The number of rotatable bonds is 3. The van der Waals surface area contributed by atoms with Crippen molar-refractivity contribution in [3.05, 3.63) is 18.7 Å². The van der Waals surface area contributed by atoms with Crippen molar-refractivity contribution in [2.75, 3.05) is 11.9 Å². The largest absolute Gasteiger partial charge is 0.394 e. The van der Waals surface area contributed by atoms with Gasteiger partial charge in [0.25, 0.3) is 0 Å². The average molecular weight is 219 g/mol. The van der Waals surface area contributed by atoms with E-state index in [4.69, 9.17) is 0 Å². The molecule has 0 amide bonds. The average Bonchev–Trinajstić information content (AvgIpc) is 2.72. The number of anilines is 1. The molecule has 0 spiro atoms. The molecule has 0 unspecified atom stereocenters. The predicted molar refractivity (Wildman–Crippen MR) is 58.1 cm³/mol. The minimum atomic E-state index is -0.208. The van der Waals surface area contributed by atoms with Crippen LogP contribution in [0.25, 0.3) is 5.65 Å². The Morgan fingerprint density at radius 2 is 2.38 bits per heavy atom. The maximum absolute atomic E-state index is 9.39. The second kappa shape index (κ2) is 3.41. The highest BCUT2D eigenvalue weighted by Gasteiger charge is 2.37. The van der Waals surface area contributed by atoms with Crippen molar-refractivity contribution < 1.29 is 5.11 Å². The summed E-state index contributed by atoms with van der Waals surface area (Å²) in [7, 11) is 0. The van der Waals surface area contributed by atoms with Gasteiger partial charge in [-0.25, -0.2) is 4.98 Å². The molecule has 1 fully saturated rings. The molecule has 0 bridgehead atoms.